The minimum atomic E-state index is -0.966. The zero-order valence-electron chi connectivity index (χ0n) is 25.1. The number of ether oxygens (including phenoxy) is 1. The first-order chi connectivity index (χ1) is 21.2. The zero-order chi connectivity index (χ0) is 30.6. The number of H-pyrrole nitrogens is 1. The molecular weight excluding hydrogens is 577 g/mol. The number of rotatable bonds is 9. The average Bonchev–Trinajstić information content (AvgIpc) is 3.72. The Morgan fingerprint density at radius 2 is 2.07 bits per heavy atom. The van der Waals surface area contributed by atoms with E-state index in [1.54, 1.807) is 18.6 Å². The van der Waals surface area contributed by atoms with Crippen molar-refractivity contribution in [1.82, 2.24) is 29.5 Å². The Balaban J connectivity index is 1.21. The van der Waals surface area contributed by atoms with Crippen molar-refractivity contribution in [2.75, 3.05) is 38.2 Å². The van der Waals surface area contributed by atoms with Crippen molar-refractivity contribution in [2.45, 2.75) is 39.0 Å². The van der Waals surface area contributed by atoms with Crippen molar-refractivity contribution >= 4 is 28.5 Å². The Morgan fingerprint density at radius 1 is 1.30 bits per heavy atom. The second-order valence-corrected chi connectivity index (χ2v) is 12.9. The fraction of sp³-hybridized carbons (Fsp3) is 0.353. The maximum atomic E-state index is 14.6. The van der Waals surface area contributed by atoms with Crippen molar-refractivity contribution in [3.8, 4) is 11.1 Å². The van der Waals surface area contributed by atoms with Crippen LogP contribution < -0.4 is 5.32 Å². The summed E-state index contributed by atoms with van der Waals surface area (Å²) in [6.45, 7) is 17.6. The number of alkyl halides is 1. The number of imidazole rings is 1. The fourth-order valence-electron chi connectivity index (χ4n) is 6.97. The maximum absolute atomic E-state index is 14.6. The van der Waals surface area contributed by atoms with E-state index in [9.17, 15) is 4.39 Å². The summed E-state index contributed by atoms with van der Waals surface area (Å²) in [5, 5.41) is 9.84. The smallest absolute Gasteiger partial charge is 0.204 e. The van der Waals surface area contributed by atoms with Gasteiger partial charge in [-0.2, -0.15) is 5.10 Å². The lowest BCUT2D eigenvalue weighted by molar-refractivity contribution is -0.191. The molecular formula is C34H37ClFN7O. The molecule has 3 aliphatic heterocycles. The first-order valence-corrected chi connectivity index (χ1v) is 15.4. The number of allylic oxidation sites excluding steroid dienone is 2. The van der Waals surface area contributed by atoms with Crippen LogP contribution in [0.2, 0.25) is 5.02 Å². The Hall–Kier alpha value is -3.92. The summed E-state index contributed by atoms with van der Waals surface area (Å²) in [4.78, 5) is 11.7. The molecule has 3 aliphatic rings. The number of anilines is 1. The minimum absolute atomic E-state index is 0.281. The van der Waals surface area contributed by atoms with Gasteiger partial charge in [0.05, 0.1) is 30.3 Å². The Labute approximate surface area is 261 Å². The molecule has 2 atom stereocenters. The molecule has 1 spiro atoms. The summed E-state index contributed by atoms with van der Waals surface area (Å²) in [6, 6.07) is 10.3. The van der Waals surface area contributed by atoms with E-state index in [1.807, 2.05) is 28.8 Å². The van der Waals surface area contributed by atoms with Crippen LogP contribution in [0.5, 0.6) is 0 Å². The van der Waals surface area contributed by atoms with Crippen LogP contribution in [0.25, 0.3) is 22.0 Å². The molecule has 0 saturated carbocycles. The summed E-state index contributed by atoms with van der Waals surface area (Å²) in [5.74, 6) is 0.565. The van der Waals surface area contributed by atoms with Crippen LogP contribution in [0.3, 0.4) is 0 Å². The molecule has 0 amide bonds. The molecule has 10 heteroatoms. The lowest BCUT2D eigenvalue weighted by atomic mass is 9.78. The first-order valence-electron chi connectivity index (χ1n) is 15.0. The van der Waals surface area contributed by atoms with Gasteiger partial charge in [-0.3, -0.25) is 9.58 Å². The molecule has 8 nitrogen and oxygen atoms in total. The number of fused-ring (bicyclic) bond motifs is 1. The lowest BCUT2D eigenvalue weighted by Crippen LogP contribution is -2.65. The van der Waals surface area contributed by atoms with Crippen molar-refractivity contribution < 1.29 is 9.13 Å². The van der Waals surface area contributed by atoms with E-state index < -0.39 is 12.2 Å². The zero-order valence-corrected chi connectivity index (χ0v) is 25.9. The predicted molar refractivity (Wildman–Crippen MR) is 173 cm³/mol. The highest BCUT2D eigenvalue weighted by Crippen LogP contribution is 2.40. The van der Waals surface area contributed by atoms with Gasteiger partial charge >= 0.3 is 0 Å². The molecule has 2 N–H and O–H groups in total. The average molecular weight is 614 g/mol. The molecule has 0 aliphatic carbocycles. The minimum Gasteiger partial charge on any atom is -0.380 e. The largest absolute Gasteiger partial charge is 0.380 e. The van der Waals surface area contributed by atoms with E-state index in [2.05, 4.69) is 64.5 Å². The number of likely N-dealkylation sites (tertiary alicyclic amines) is 2. The number of nitrogens with one attached hydrogen (secondary N) is 2. The highest BCUT2D eigenvalue weighted by molar-refractivity contribution is 6.36. The van der Waals surface area contributed by atoms with E-state index in [-0.39, 0.29) is 6.54 Å². The number of aromatic nitrogens is 4. The van der Waals surface area contributed by atoms with Gasteiger partial charge in [0.15, 0.2) is 0 Å². The first kappa shape index (κ1) is 28.8. The van der Waals surface area contributed by atoms with Crippen LogP contribution >= 0.6 is 11.6 Å². The van der Waals surface area contributed by atoms with Crippen LogP contribution in [-0.2, 0) is 11.3 Å². The summed E-state index contributed by atoms with van der Waals surface area (Å²) in [5.41, 5.74) is 8.14. The van der Waals surface area contributed by atoms with Gasteiger partial charge in [0.1, 0.15) is 12.2 Å². The topological polar surface area (TPSA) is 74.2 Å². The number of hydrogen-bond donors (Lipinski definition) is 2. The molecule has 4 aromatic rings. The highest BCUT2D eigenvalue weighted by Gasteiger charge is 2.48. The molecule has 2 aromatic carbocycles. The summed E-state index contributed by atoms with van der Waals surface area (Å²) < 4.78 is 21.8. The Kier molecular flexibility index (Phi) is 7.35. The van der Waals surface area contributed by atoms with Gasteiger partial charge in [-0.1, -0.05) is 49.0 Å². The fourth-order valence-corrected chi connectivity index (χ4v) is 7.22. The number of nitrogens with zero attached hydrogens (tertiary/aromatic N) is 5. The second-order valence-electron chi connectivity index (χ2n) is 12.5. The Bertz CT molecular complexity index is 1750. The van der Waals surface area contributed by atoms with Crippen LogP contribution in [0.15, 0.2) is 85.2 Å². The van der Waals surface area contributed by atoms with Crippen LogP contribution in [0.4, 0.5) is 10.3 Å². The number of halogens is 2. The molecule has 228 valence electrons. The molecule has 5 heterocycles. The molecule has 2 aromatic heterocycles. The number of benzene rings is 2. The highest BCUT2D eigenvalue weighted by atomic mass is 35.5. The SMILES string of the molecule is C=CN1C[C@H](F)C/C1=C(/C)C(C(=C)Nc1ncc[nH]1)n1cc2c(Cl)cc(-c3ccc(CN4CC5(COC5)C4)cc3)c(C)c2n1. The molecule has 0 bridgehead atoms. The van der Waals surface area contributed by atoms with E-state index in [4.69, 9.17) is 21.4 Å². The number of aromatic amines is 1. The molecule has 44 heavy (non-hydrogen) atoms. The van der Waals surface area contributed by atoms with E-state index in [1.165, 1.54) is 5.56 Å². The van der Waals surface area contributed by atoms with E-state index >= 15 is 0 Å². The monoisotopic (exact) mass is 613 g/mol. The van der Waals surface area contributed by atoms with Crippen LogP contribution in [0.1, 0.15) is 30.5 Å². The second kappa shape index (κ2) is 11.2. The van der Waals surface area contributed by atoms with Crippen LogP contribution in [-0.4, -0.2) is 68.6 Å². The molecule has 1 unspecified atom stereocenters. The Morgan fingerprint density at radius 3 is 2.73 bits per heavy atom. The third-order valence-corrected chi connectivity index (χ3v) is 9.55. The normalized spacial score (nSPS) is 21.3. The van der Waals surface area contributed by atoms with E-state index in [0.717, 1.165) is 71.7 Å². The van der Waals surface area contributed by atoms with Crippen molar-refractivity contribution in [3.63, 3.8) is 0 Å². The summed E-state index contributed by atoms with van der Waals surface area (Å²) >= 11 is 6.93. The van der Waals surface area contributed by atoms with Gasteiger partial charge in [0.2, 0.25) is 5.95 Å². The van der Waals surface area contributed by atoms with E-state index in [0.29, 0.717) is 28.5 Å². The maximum Gasteiger partial charge on any atom is 0.204 e. The lowest BCUT2D eigenvalue weighted by Gasteiger charge is -2.55. The summed E-state index contributed by atoms with van der Waals surface area (Å²) in [6.07, 6.45) is 6.38. The third kappa shape index (κ3) is 5.12. The standard InChI is InChI=1S/C34H37ClFN7O/c1-5-42-15-26(36)12-30(42)22(3)32(23(4)39-33-37-10-11-38-33)43-16-28-29(35)13-27(21(2)31(28)40-43)25-8-6-24(7-9-25)14-41-17-34(18-41)19-44-20-34/h5-11,13,16,26,32H,1,4,12,14-15,17-20H2,2-3H3,(H2,37,38,39)/b30-22+/t26-,32?/m1/s1. The van der Waals surface area contributed by atoms with Crippen molar-refractivity contribution in [2.24, 2.45) is 5.41 Å². The van der Waals surface area contributed by atoms with Crippen LogP contribution in [0, 0.1) is 12.3 Å². The van der Waals surface area contributed by atoms with Crippen molar-refractivity contribution in [3.05, 3.63) is 101 Å². The number of aryl methyl sites for hydroxylation is 1. The van der Waals surface area contributed by atoms with Crippen molar-refractivity contribution in [1.29, 1.82) is 0 Å². The summed E-state index contributed by atoms with van der Waals surface area (Å²) in [7, 11) is 0. The number of hydrogen-bond acceptors (Lipinski definition) is 6. The van der Waals surface area contributed by atoms with Gasteiger partial charge < -0.3 is 19.9 Å². The predicted octanol–water partition coefficient (Wildman–Crippen LogP) is 6.85. The van der Waals surface area contributed by atoms with Gasteiger partial charge in [0.25, 0.3) is 0 Å². The van der Waals surface area contributed by atoms with Gasteiger partial charge in [-0.25, -0.2) is 9.37 Å². The third-order valence-electron chi connectivity index (χ3n) is 9.24. The quantitative estimate of drug-likeness (QED) is 0.215. The van der Waals surface area contributed by atoms with Gasteiger partial charge in [-0.15, -0.1) is 0 Å². The van der Waals surface area contributed by atoms with Gasteiger partial charge in [0, 0.05) is 66.8 Å². The molecule has 7 rings (SSSR count). The molecule has 3 saturated heterocycles. The molecule has 0 radical (unpaired) electrons. The van der Waals surface area contributed by atoms with Gasteiger partial charge in [-0.05, 0) is 53.9 Å². The molecule has 3 fully saturated rings.